The molecule has 6 nitrogen and oxygen atoms in total. The van der Waals surface area contributed by atoms with Crippen LogP contribution < -0.4 is 4.74 Å². The second-order valence-corrected chi connectivity index (χ2v) is 10.1. The molecule has 0 unspecified atom stereocenters. The molecular weight excluding hydrogens is 422 g/mol. The molecule has 0 saturated carbocycles. The number of thiophene rings is 1. The molecule has 0 spiro atoms. The zero-order chi connectivity index (χ0) is 21.0. The molecule has 10 heteroatoms. The van der Waals surface area contributed by atoms with Crippen molar-refractivity contribution in [3.8, 4) is 5.75 Å². The Labute approximate surface area is 172 Å². The summed E-state index contributed by atoms with van der Waals surface area (Å²) in [4.78, 5) is 14.7. The third kappa shape index (κ3) is 5.52. The van der Waals surface area contributed by atoms with E-state index in [1.165, 1.54) is 21.3 Å². The van der Waals surface area contributed by atoms with Crippen LogP contribution in [0.4, 0.5) is 8.78 Å². The molecule has 29 heavy (non-hydrogen) atoms. The molecule has 1 aromatic carbocycles. The summed E-state index contributed by atoms with van der Waals surface area (Å²) in [6.07, 6.45) is 1.84. The van der Waals surface area contributed by atoms with Crippen molar-refractivity contribution in [2.75, 3.05) is 20.1 Å². The van der Waals surface area contributed by atoms with Gasteiger partial charge in [0, 0.05) is 31.6 Å². The maximum atomic E-state index is 12.6. The largest absolute Gasteiger partial charge is 0.435 e. The standard InChI is InChI=1S/C19H22F2N2O4S2/c1-22(13-14-4-6-15(7-5-14)27-19(20)21)17(24)12-16-8-9-18(28-16)29(25,26)23-10-2-3-11-23/h4-9,19H,2-3,10-13H2,1H3. The van der Waals surface area contributed by atoms with Crippen molar-refractivity contribution < 1.29 is 26.7 Å². The molecular formula is C19H22F2N2O4S2. The fraction of sp³-hybridized carbons (Fsp3) is 0.421. The molecule has 1 aliphatic rings. The van der Waals surface area contributed by atoms with E-state index >= 15 is 0 Å². The van der Waals surface area contributed by atoms with Gasteiger partial charge in [0.15, 0.2) is 0 Å². The summed E-state index contributed by atoms with van der Waals surface area (Å²) in [5.41, 5.74) is 0.769. The van der Waals surface area contributed by atoms with Crippen molar-refractivity contribution in [1.82, 2.24) is 9.21 Å². The van der Waals surface area contributed by atoms with Crippen LogP contribution in [0.25, 0.3) is 0 Å². The first-order chi connectivity index (χ1) is 13.8. The van der Waals surface area contributed by atoms with E-state index in [9.17, 15) is 22.0 Å². The Morgan fingerprint density at radius 2 is 1.83 bits per heavy atom. The minimum absolute atomic E-state index is 0.0584. The van der Waals surface area contributed by atoms with Crippen molar-refractivity contribution >= 4 is 27.3 Å². The van der Waals surface area contributed by atoms with Gasteiger partial charge in [-0.1, -0.05) is 12.1 Å². The van der Waals surface area contributed by atoms with E-state index < -0.39 is 16.6 Å². The molecule has 1 fully saturated rings. The van der Waals surface area contributed by atoms with Crippen molar-refractivity contribution in [3.05, 3.63) is 46.8 Å². The van der Waals surface area contributed by atoms with Crippen molar-refractivity contribution in [2.24, 2.45) is 0 Å². The summed E-state index contributed by atoms with van der Waals surface area (Å²) >= 11 is 1.12. The van der Waals surface area contributed by atoms with Crippen LogP contribution in [0.1, 0.15) is 23.3 Å². The molecule has 1 saturated heterocycles. The monoisotopic (exact) mass is 444 g/mol. The third-order valence-electron chi connectivity index (χ3n) is 4.62. The van der Waals surface area contributed by atoms with Crippen LogP contribution in [0, 0.1) is 0 Å². The number of amides is 1. The number of rotatable bonds is 8. The number of carbonyl (C=O) groups is 1. The first kappa shape index (κ1) is 21.7. The number of carbonyl (C=O) groups excluding carboxylic acids is 1. The molecule has 0 N–H and O–H groups in total. The molecule has 1 amide bonds. The summed E-state index contributed by atoms with van der Waals surface area (Å²) < 4.78 is 55.6. The van der Waals surface area contributed by atoms with E-state index in [2.05, 4.69) is 4.74 Å². The Morgan fingerprint density at radius 1 is 1.17 bits per heavy atom. The van der Waals surface area contributed by atoms with E-state index in [1.54, 1.807) is 31.3 Å². The lowest BCUT2D eigenvalue weighted by molar-refractivity contribution is -0.129. The lowest BCUT2D eigenvalue weighted by atomic mass is 10.2. The number of nitrogens with zero attached hydrogens (tertiary/aromatic N) is 2. The van der Waals surface area contributed by atoms with Gasteiger partial charge in [-0.3, -0.25) is 4.79 Å². The van der Waals surface area contributed by atoms with E-state index in [0.717, 1.165) is 29.7 Å². The molecule has 0 bridgehead atoms. The average Bonchev–Trinajstić information content (AvgIpc) is 3.35. The van der Waals surface area contributed by atoms with Crippen LogP contribution in [-0.4, -0.2) is 50.3 Å². The van der Waals surface area contributed by atoms with Gasteiger partial charge in [0.2, 0.25) is 5.91 Å². The van der Waals surface area contributed by atoms with Gasteiger partial charge >= 0.3 is 6.61 Å². The van der Waals surface area contributed by atoms with Gasteiger partial charge in [-0.25, -0.2) is 8.42 Å². The van der Waals surface area contributed by atoms with E-state index in [-0.39, 0.29) is 22.3 Å². The Morgan fingerprint density at radius 3 is 2.45 bits per heavy atom. The number of hydrogen-bond acceptors (Lipinski definition) is 5. The fourth-order valence-corrected chi connectivity index (χ4v) is 6.09. The molecule has 0 radical (unpaired) electrons. The van der Waals surface area contributed by atoms with Crippen LogP contribution in [0.5, 0.6) is 5.75 Å². The first-order valence-corrected chi connectivity index (χ1v) is 11.4. The maximum absolute atomic E-state index is 12.6. The van der Waals surface area contributed by atoms with Gasteiger partial charge < -0.3 is 9.64 Å². The quantitative estimate of drug-likeness (QED) is 0.626. The SMILES string of the molecule is CN(Cc1ccc(OC(F)F)cc1)C(=O)Cc1ccc(S(=O)(=O)N2CCCC2)s1. The highest BCUT2D eigenvalue weighted by Crippen LogP contribution is 2.28. The van der Waals surface area contributed by atoms with E-state index in [4.69, 9.17) is 0 Å². The highest BCUT2D eigenvalue weighted by atomic mass is 32.2. The van der Waals surface area contributed by atoms with Crippen molar-refractivity contribution in [3.63, 3.8) is 0 Å². The summed E-state index contributed by atoms with van der Waals surface area (Å²) in [6.45, 7) is -1.50. The van der Waals surface area contributed by atoms with Gasteiger partial charge in [0.1, 0.15) is 9.96 Å². The Hall–Kier alpha value is -2.04. The van der Waals surface area contributed by atoms with Crippen molar-refractivity contribution in [2.45, 2.75) is 36.6 Å². The number of likely N-dealkylation sites (N-methyl/N-ethyl adjacent to an activating group) is 1. The average molecular weight is 445 g/mol. The number of ether oxygens (including phenoxy) is 1. The van der Waals surface area contributed by atoms with Crippen LogP contribution in [-0.2, 0) is 27.8 Å². The second kappa shape index (κ2) is 9.19. The topological polar surface area (TPSA) is 66.9 Å². The molecule has 2 heterocycles. The molecule has 2 aromatic rings. The smallest absolute Gasteiger partial charge is 0.387 e. The summed E-state index contributed by atoms with van der Waals surface area (Å²) in [7, 11) is -1.83. The van der Waals surface area contributed by atoms with Crippen LogP contribution in [0.15, 0.2) is 40.6 Å². The van der Waals surface area contributed by atoms with Gasteiger partial charge in [-0.2, -0.15) is 13.1 Å². The Bertz CT molecular complexity index is 939. The zero-order valence-corrected chi connectivity index (χ0v) is 17.5. The van der Waals surface area contributed by atoms with Gasteiger partial charge in [-0.15, -0.1) is 11.3 Å². The third-order valence-corrected chi connectivity index (χ3v) is 8.07. The van der Waals surface area contributed by atoms with Gasteiger partial charge in [0.05, 0.1) is 6.42 Å². The number of hydrogen-bond donors (Lipinski definition) is 0. The molecule has 0 aliphatic carbocycles. The highest BCUT2D eigenvalue weighted by molar-refractivity contribution is 7.91. The maximum Gasteiger partial charge on any atom is 0.387 e. The summed E-state index contributed by atoms with van der Waals surface area (Å²) in [6, 6.07) is 9.32. The molecule has 3 rings (SSSR count). The fourth-order valence-electron chi connectivity index (χ4n) is 3.07. The number of sulfonamides is 1. The van der Waals surface area contributed by atoms with Crippen LogP contribution in [0.3, 0.4) is 0 Å². The highest BCUT2D eigenvalue weighted by Gasteiger charge is 2.28. The van der Waals surface area contributed by atoms with Gasteiger partial charge in [-0.05, 0) is 42.7 Å². The number of benzene rings is 1. The lowest BCUT2D eigenvalue weighted by Crippen LogP contribution is -2.27. The molecule has 1 aromatic heterocycles. The Kier molecular flexibility index (Phi) is 6.86. The minimum atomic E-state index is -3.47. The molecule has 0 atom stereocenters. The van der Waals surface area contributed by atoms with Crippen molar-refractivity contribution in [1.29, 1.82) is 0 Å². The zero-order valence-electron chi connectivity index (χ0n) is 15.9. The van der Waals surface area contributed by atoms with E-state index in [0.29, 0.717) is 24.5 Å². The predicted octanol–water partition coefficient (Wildman–Crippen LogP) is 3.34. The minimum Gasteiger partial charge on any atom is -0.435 e. The Balaban J connectivity index is 1.58. The first-order valence-electron chi connectivity index (χ1n) is 9.12. The normalized spacial score (nSPS) is 15.0. The molecule has 158 valence electrons. The number of halogens is 2. The summed E-state index contributed by atoms with van der Waals surface area (Å²) in [5.74, 6) is -0.104. The number of alkyl halides is 2. The van der Waals surface area contributed by atoms with Crippen LogP contribution >= 0.6 is 11.3 Å². The van der Waals surface area contributed by atoms with Gasteiger partial charge in [0.25, 0.3) is 10.0 Å². The van der Waals surface area contributed by atoms with Crippen LogP contribution in [0.2, 0.25) is 0 Å². The second-order valence-electron chi connectivity index (χ2n) is 6.78. The summed E-state index contributed by atoms with van der Waals surface area (Å²) in [5, 5.41) is 0. The predicted molar refractivity (Wildman–Crippen MR) is 106 cm³/mol. The lowest BCUT2D eigenvalue weighted by Gasteiger charge is -2.17. The molecule has 1 aliphatic heterocycles. The van der Waals surface area contributed by atoms with E-state index in [1.807, 2.05) is 0 Å².